The highest BCUT2D eigenvalue weighted by Crippen LogP contribution is 2.12. The van der Waals surface area contributed by atoms with Gasteiger partial charge in [0, 0.05) is 25.3 Å². The van der Waals surface area contributed by atoms with Crippen LogP contribution in [0, 0.1) is 5.82 Å². The fourth-order valence-electron chi connectivity index (χ4n) is 2.69. The van der Waals surface area contributed by atoms with E-state index in [0.717, 1.165) is 39.3 Å². The number of morpholine rings is 1. The van der Waals surface area contributed by atoms with Gasteiger partial charge in [0.15, 0.2) is 0 Å². The van der Waals surface area contributed by atoms with Crippen LogP contribution in [0.2, 0.25) is 0 Å². The number of ether oxygens (including phenoxy) is 1. The van der Waals surface area contributed by atoms with Crippen molar-refractivity contribution in [2.75, 3.05) is 39.4 Å². The van der Waals surface area contributed by atoms with Gasteiger partial charge in [-0.1, -0.05) is 0 Å². The monoisotopic (exact) mass is 332 g/mol. The molecule has 6 nitrogen and oxygen atoms in total. The number of hydrogen-bond acceptors (Lipinski definition) is 4. The minimum atomic E-state index is -0.312. The number of halogens is 1. The quantitative estimate of drug-likeness (QED) is 0.814. The van der Waals surface area contributed by atoms with Crippen LogP contribution in [0.5, 0.6) is 0 Å². The second-order valence-electron chi connectivity index (χ2n) is 5.69. The number of aromatic nitrogens is 2. The summed E-state index contributed by atoms with van der Waals surface area (Å²) in [5.74, 6) is -0.494. The van der Waals surface area contributed by atoms with Gasteiger partial charge in [0.1, 0.15) is 11.5 Å². The lowest BCUT2D eigenvalue weighted by Crippen LogP contribution is -2.38. The lowest BCUT2D eigenvalue weighted by molar-refractivity contribution is 0.0374. The fraction of sp³-hybridized carbons (Fsp3) is 0.412. The Bertz CT molecular complexity index is 665. The highest BCUT2D eigenvalue weighted by atomic mass is 19.1. The molecule has 1 aliphatic rings. The zero-order valence-corrected chi connectivity index (χ0v) is 13.4. The molecule has 1 N–H and O–H groups in total. The highest BCUT2D eigenvalue weighted by Gasteiger charge is 2.13. The number of nitrogens with zero attached hydrogens (tertiary/aromatic N) is 3. The summed E-state index contributed by atoms with van der Waals surface area (Å²) in [5, 5.41) is 2.91. The molecule has 0 atom stereocenters. The average molecular weight is 332 g/mol. The van der Waals surface area contributed by atoms with Crippen LogP contribution in [-0.4, -0.2) is 59.8 Å². The van der Waals surface area contributed by atoms with Gasteiger partial charge in [-0.2, -0.15) is 0 Å². The molecule has 3 rings (SSSR count). The lowest BCUT2D eigenvalue weighted by Gasteiger charge is -2.26. The van der Waals surface area contributed by atoms with Crippen molar-refractivity contribution in [2.24, 2.45) is 0 Å². The number of rotatable bonds is 6. The van der Waals surface area contributed by atoms with Gasteiger partial charge in [0.25, 0.3) is 5.91 Å². The smallest absolute Gasteiger partial charge is 0.269 e. The zero-order chi connectivity index (χ0) is 16.8. The van der Waals surface area contributed by atoms with Crippen LogP contribution in [0.3, 0.4) is 0 Å². The summed E-state index contributed by atoms with van der Waals surface area (Å²) in [5.41, 5.74) is 1.14. The summed E-state index contributed by atoms with van der Waals surface area (Å²) < 4.78 is 20.0. The largest absolute Gasteiger partial charge is 0.379 e. The summed E-state index contributed by atoms with van der Waals surface area (Å²) in [6, 6.07) is 5.96. The average Bonchev–Trinajstić information content (AvgIpc) is 3.10. The molecule has 1 saturated heterocycles. The topological polar surface area (TPSA) is 59.4 Å². The SMILES string of the molecule is O=C(NCCCN1CCOCC1)c1cncn1-c1ccc(F)cc1. The van der Waals surface area contributed by atoms with Gasteiger partial charge in [0.2, 0.25) is 0 Å². The van der Waals surface area contributed by atoms with Gasteiger partial charge in [-0.05, 0) is 37.2 Å². The van der Waals surface area contributed by atoms with E-state index in [9.17, 15) is 9.18 Å². The Morgan fingerprint density at radius 2 is 2.00 bits per heavy atom. The van der Waals surface area contributed by atoms with Gasteiger partial charge in [-0.3, -0.25) is 14.3 Å². The first-order valence-corrected chi connectivity index (χ1v) is 8.10. The molecule has 0 saturated carbocycles. The lowest BCUT2D eigenvalue weighted by atomic mass is 10.3. The molecule has 0 aliphatic carbocycles. The van der Waals surface area contributed by atoms with E-state index in [1.165, 1.54) is 18.3 Å². The minimum absolute atomic E-state index is 0.182. The summed E-state index contributed by atoms with van der Waals surface area (Å²) in [6.07, 6.45) is 3.95. The van der Waals surface area contributed by atoms with E-state index in [2.05, 4.69) is 15.2 Å². The maximum atomic E-state index is 13.0. The van der Waals surface area contributed by atoms with Gasteiger partial charge in [0.05, 0.1) is 25.7 Å². The van der Waals surface area contributed by atoms with Crippen molar-refractivity contribution in [3.05, 3.63) is 48.3 Å². The Morgan fingerprint density at radius 3 is 2.75 bits per heavy atom. The number of carbonyl (C=O) groups excluding carboxylic acids is 1. The Kier molecular flexibility index (Phi) is 5.55. The molecular formula is C17H21FN4O2. The molecule has 1 amide bonds. The summed E-state index contributed by atoms with van der Waals surface area (Å²) in [6.45, 7) is 5.01. The second kappa shape index (κ2) is 8.03. The first-order chi connectivity index (χ1) is 11.7. The molecule has 128 valence electrons. The third kappa shape index (κ3) is 4.18. The molecule has 1 aromatic heterocycles. The van der Waals surface area contributed by atoms with E-state index >= 15 is 0 Å². The van der Waals surface area contributed by atoms with E-state index in [0.29, 0.717) is 17.9 Å². The minimum Gasteiger partial charge on any atom is -0.379 e. The second-order valence-corrected chi connectivity index (χ2v) is 5.69. The van der Waals surface area contributed by atoms with Crippen LogP contribution < -0.4 is 5.32 Å². The van der Waals surface area contributed by atoms with Gasteiger partial charge in [-0.25, -0.2) is 9.37 Å². The maximum absolute atomic E-state index is 13.0. The van der Waals surface area contributed by atoms with Gasteiger partial charge < -0.3 is 10.1 Å². The van der Waals surface area contributed by atoms with Crippen molar-refractivity contribution in [3.63, 3.8) is 0 Å². The third-order valence-electron chi connectivity index (χ3n) is 4.02. The standard InChI is InChI=1S/C17H21FN4O2/c18-14-2-4-15(5-3-14)22-13-19-12-16(22)17(23)20-6-1-7-21-8-10-24-11-9-21/h2-5,12-13H,1,6-11H2,(H,20,23). The summed E-state index contributed by atoms with van der Waals surface area (Å²) in [7, 11) is 0. The van der Waals surface area contributed by atoms with Crippen molar-refractivity contribution in [1.29, 1.82) is 0 Å². The molecule has 7 heteroatoms. The van der Waals surface area contributed by atoms with Crippen molar-refractivity contribution >= 4 is 5.91 Å². The van der Waals surface area contributed by atoms with E-state index in [1.54, 1.807) is 23.0 Å². The molecule has 2 heterocycles. The molecule has 1 fully saturated rings. The van der Waals surface area contributed by atoms with E-state index in [4.69, 9.17) is 4.74 Å². The number of imidazole rings is 1. The molecule has 0 bridgehead atoms. The Morgan fingerprint density at radius 1 is 1.25 bits per heavy atom. The van der Waals surface area contributed by atoms with E-state index in [1.807, 2.05) is 0 Å². The van der Waals surface area contributed by atoms with Crippen molar-refractivity contribution in [3.8, 4) is 5.69 Å². The molecule has 0 spiro atoms. The number of hydrogen-bond donors (Lipinski definition) is 1. The number of nitrogens with one attached hydrogen (secondary N) is 1. The summed E-state index contributed by atoms with van der Waals surface area (Å²) >= 11 is 0. The van der Waals surface area contributed by atoms with Crippen molar-refractivity contribution in [2.45, 2.75) is 6.42 Å². The molecule has 1 aromatic carbocycles. The van der Waals surface area contributed by atoms with Crippen LogP contribution in [0.25, 0.3) is 5.69 Å². The Balaban J connectivity index is 1.52. The Labute approximate surface area is 140 Å². The fourth-order valence-corrected chi connectivity index (χ4v) is 2.69. The predicted octanol–water partition coefficient (Wildman–Crippen LogP) is 1.46. The van der Waals surface area contributed by atoms with Crippen LogP contribution in [0.4, 0.5) is 4.39 Å². The first kappa shape index (κ1) is 16.6. The van der Waals surface area contributed by atoms with Crippen LogP contribution in [0.15, 0.2) is 36.8 Å². The van der Waals surface area contributed by atoms with Crippen molar-refractivity contribution < 1.29 is 13.9 Å². The van der Waals surface area contributed by atoms with Crippen LogP contribution in [-0.2, 0) is 4.74 Å². The molecule has 0 radical (unpaired) electrons. The molecule has 0 unspecified atom stereocenters. The highest BCUT2D eigenvalue weighted by molar-refractivity contribution is 5.92. The van der Waals surface area contributed by atoms with Crippen LogP contribution >= 0.6 is 0 Å². The number of benzene rings is 1. The van der Waals surface area contributed by atoms with Gasteiger partial charge >= 0.3 is 0 Å². The molecular weight excluding hydrogens is 311 g/mol. The Hall–Kier alpha value is -2.25. The summed E-state index contributed by atoms with van der Waals surface area (Å²) in [4.78, 5) is 18.7. The predicted molar refractivity (Wildman–Crippen MR) is 87.7 cm³/mol. The van der Waals surface area contributed by atoms with E-state index < -0.39 is 0 Å². The first-order valence-electron chi connectivity index (χ1n) is 8.10. The third-order valence-corrected chi connectivity index (χ3v) is 4.02. The molecule has 2 aromatic rings. The van der Waals surface area contributed by atoms with Crippen LogP contribution in [0.1, 0.15) is 16.9 Å². The molecule has 1 aliphatic heterocycles. The molecule has 24 heavy (non-hydrogen) atoms. The van der Waals surface area contributed by atoms with E-state index in [-0.39, 0.29) is 11.7 Å². The maximum Gasteiger partial charge on any atom is 0.269 e. The van der Waals surface area contributed by atoms with Gasteiger partial charge in [-0.15, -0.1) is 0 Å². The zero-order valence-electron chi connectivity index (χ0n) is 13.4. The number of carbonyl (C=O) groups is 1. The normalized spacial score (nSPS) is 15.4. The van der Waals surface area contributed by atoms with Crippen molar-refractivity contribution in [1.82, 2.24) is 19.8 Å². The number of amides is 1.